The van der Waals surface area contributed by atoms with E-state index in [0.717, 1.165) is 24.0 Å². The van der Waals surface area contributed by atoms with Crippen molar-refractivity contribution in [1.29, 1.82) is 0 Å². The van der Waals surface area contributed by atoms with Gasteiger partial charge < -0.3 is 10.6 Å². The van der Waals surface area contributed by atoms with Crippen LogP contribution in [0.5, 0.6) is 0 Å². The van der Waals surface area contributed by atoms with E-state index in [-0.39, 0.29) is 18.4 Å². The summed E-state index contributed by atoms with van der Waals surface area (Å²) in [6.07, 6.45) is 2.27. The highest BCUT2D eigenvalue weighted by Gasteiger charge is 2.32. The van der Waals surface area contributed by atoms with Gasteiger partial charge in [-0.3, -0.25) is 9.59 Å². The van der Waals surface area contributed by atoms with Gasteiger partial charge in [-0.1, -0.05) is 41.4 Å². The maximum absolute atomic E-state index is 12.8. The molecule has 2 aromatic carbocycles. The second kappa shape index (κ2) is 7.46. The number of carbonyl (C=O) groups excluding carboxylic acids is 2. The summed E-state index contributed by atoms with van der Waals surface area (Å²) >= 11 is 12.1. The van der Waals surface area contributed by atoms with Crippen molar-refractivity contribution < 1.29 is 9.59 Å². The van der Waals surface area contributed by atoms with Gasteiger partial charge in [-0.05, 0) is 48.2 Å². The van der Waals surface area contributed by atoms with E-state index in [1.165, 1.54) is 0 Å². The van der Waals surface area contributed by atoms with Crippen LogP contribution in [-0.2, 0) is 17.8 Å². The van der Waals surface area contributed by atoms with Gasteiger partial charge in [0.2, 0.25) is 11.8 Å². The quantitative estimate of drug-likeness (QED) is 0.832. The van der Waals surface area contributed by atoms with E-state index < -0.39 is 5.91 Å². The minimum absolute atomic E-state index is 0.0331. The van der Waals surface area contributed by atoms with E-state index in [1.807, 2.05) is 17.0 Å². The summed E-state index contributed by atoms with van der Waals surface area (Å²) < 4.78 is 0. The van der Waals surface area contributed by atoms with Crippen LogP contribution in [0.25, 0.3) is 0 Å². The molecule has 1 fully saturated rings. The van der Waals surface area contributed by atoms with Gasteiger partial charge in [0, 0.05) is 28.2 Å². The average Bonchev–Trinajstić information content (AvgIpc) is 3.40. The molecule has 0 spiro atoms. The zero-order chi connectivity index (χ0) is 18.0. The largest absolute Gasteiger partial charge is 0.366 e. The summed E-state index contributed by atoms with van der Waals surface area (Å²) in [5.41, 5.74) is 7.45. The van der Waals surface area contributed by atoms with Crippen LogP contribution in [0.15, 0.2) is 42.5 Å². The molecule has 1 aliphatic rings. The molecule has 0 radical (unpaired) electrons. The van der Waals surface area contributed by atoms with E-state index in [2.05, 4.69) is 0 Å². The zero-order valence-electron chi connectivity index (χ0n) is 13.5. The number of hydrogen-bond donors (Lipinski definition) is 1. The fraction of sp³-hybridized carbons (Fsp3) is 0.263. The Bertz CT molecular complexity index is 802. The summed E-state index contributed by atoms with van der Waals surface area (Å²) in [5.74, 6) is -0.426. The van der Waals surface area contributed by atoms with Crippen LogP contribution in [0.2, 0.25) is 10.0 Å². The first kappa shape index (κ1) is 17.8. The molecule has 0 aliphatic heterocycles. The number of rotatable bonds is 6. The second-order valence-electron chi connectivity index (χ2n) is 6.23. The van der Waals surface area contributed by atoms with Crippen LogP contribution in [0.3, 0.4) is 0 Å². The van der Waals surface area contributed by atoms with Gasteiger partial charge in [0.05, 0.1) is 6.42 Å². The van der Waals surface area contributed by atoms with Gasteiger partial charge in [-0.2, -0.15) is 0 Å². The average molecular weight is 377 g/mol. The second-order valence-corrected chi connectivity index (χ2v) is 7.07. The lowest BCUT2D eigenvalue weighted by Crippen LogP contribution is -2.33. The molecule has 1 aliphatic carbocycles. The van der Waals surface area contributed by atoms with Crippen LogP contribution in [0.1, 0.15) is 34.3 Å². The monoisotopic (exact) mass is 376 g/mol. The number of nitrogens with two attached hydrogens (primary N) is 1. The minimum Gasteiger partial charge on any atom is -0.366 e. The summed E-state index contributed by atoms with van der Waals surface area (Å²) in [5, 5.41) is 1.05. The molecular formula is C19H18Cl2N2O2. The standard InChI is InChI=1S/C19H18Cl2N2O2/c20-15-6-5-14(17(21)10-15)9-18(24)23(16-7-8-16)11-12-1-3-13(4-2-12)19(22)25/h1-6,10,16H,7-9,11H2,(H2,22,25). The van der Waals surface area contributed by atoms with E-state index in [0.29, 0.717) is 22.2 Å². The molecule has 0 atom stereocenters. The molecule has 0 saturated heterocycles. The summed E-state index contributed by atoms with van der Waals surface area (Å²) in [7, 11) is 0. The molecule has 6 heteroatoms. The molecule has 3 rings (SSSR count). The number of nitrogens with zero attached hydrogens (tertiary/aromatic N) is 1. The Morgan fingerprint density at radius 2 is 1.76 bits per heavy atom. The highest BCUT2D eigenvalue weighted by Crippen LogP contribution is 2.30. The smallest absolute Gasteiger partial charge is 0.248 e. The normalized spacial score (nSPS) is 13.5. The maximum atomic E-state index is 12.8. The van der Waals surface area contributed by atoms with Gasteiger partial charge in [0.25, 0.3) is 0 Å². The van der Waals surface area contributed by atoms with Gasteiger partial charge in [0.15, 0.2) is 0 Å². The lowest BCUT2D eigenvalue weighted by Gasteiger charge is -2.23. The van der Waals surface area contributed by atoms with E-state index >= 15 is 0 Å². The van der Waals surface area contributed by atoms with Crippen molar-refractivity contribution in [1.82, 2.24) is 4.90 Å². The molecule has 2 amide bonds. The first-order valence-electron chi connectivity index (χ1n) is 8.06. The lowest BCUT2D eigenvalue weighted by atomic mass is 10.1. The van der Waals surface area contributed by atoms with Crippen molar-refractivity contribution in [2.75, 3.05) is 0 Å². The Labute approximate surface area is 156 Å². The molecule has 0 bridgehead atoms. The lowest BCUT2D eigenvalue weighted by molar-refractivity contribution is -0.131. The fourth-order valence-corrected chi connectivity index (χ4v) is 3.18. The molecule has 130 valence electrons. The van der Waals surface area contributed by atoms with Crippen LogP contribution >= 0.6 is 23.2 Å². The van der Waals surface area contributed by atoms with Crippen molar-refractivity contribution in [3.63, 3.8) is 0 Å². The molecule has 0 heterocycles. The molecule has 4 nitrogen and oxygen atoms in total. The first-order chi connectivity index (χ1) is 11.9. The van der Waals surface area contributed by atoms with E-state index in [1.54, 1.807) is 30.3 Å². The maximum Gasteiger partial charge on any atom is 0.248 e. The van der Waals surface area contributed by atoms with E-state index in [4.69, 9.17) is 28.9 Å². The number of halogens is 2. The Morgan fingerprint density at radius 3 is 2.32 bits per heavy atom. The van der Waals surface area contributed by atoms with Gasteiger partial charge >= 0.3 is 0 Å². The van der Waals surface area contributed by atoms with Gasteiger partial charge in [-0.15, -0.1) is 0 Å². The molecule has 2 aromatic rings. The number of amides is 2. The number of carbonyl (C=O) groups is 2. The van der Waals surface area contributed by atoms with Crippen molar-refractivity contribution in [2.24, 2.45) is 5.73 Å². The molecule has 25 heavy (non-hydrogen) atoms. The van der Waals surface area contributed by atoms with Crippen molar-refractivity contribution in [3.8, 4) is 0 Å². The van der Waals surface area contributed by atoms with Crippen LogP contribution in [0, 0.1) is 0 Å². The topological polar surface area (TPSA) is 63.4 Å². The molecular weight excluding hydrogens is 359 g/mol. The van der Waals surface area contributed by atoms with Crippen molar-refractivity contribution in [2.45, 2.75) is 31.8 Å². The molecule has 0 aromatic heterocycles. The highest BCUT2D eigenvalue weighted by molar-refractivity contribution is 6.35. The zero-order valence-corrected chi connectivity index (χ0v) is 15.1. The predicted octanol–water partition coefficient (Wildman–Crippen LogP) is 3.83. The van der Waals surface area contributed by atoms with Crippen LogP contribution < -0.4 is 5.73 Å². The summed E-state index contributed by atoms with van der Waals surface area (Å²) in [4.78, 5) is 25.8. The predicted molar refractivity (Wildman–Crippen MR) is 98.7 cm³/mol. The van der Waals surface area contributed by atoms with Crippen molar-refractivity contribution in [3.05, 3.63) is 69.2 Å². The van der Waals surface area contributed by atoms with Gasteiger partial charge in [-0.25, -0.2) is 0 Å². The third-order valence-corrected chi connectivity index (χ3v) is 4.84. The number of primary amides is 1. The Hall–Kier alpha value is -2.04. The Morgan fingerprint density at radius 1 is 1.08 bits per heavy atom. The van der Waals surface area contributed by atoms with Crippen molar-refractivity contribution >= 4 is 35.0 Å². The highest BCUT2D eigenvalue weighted by atomic mass is 35.5. The van der Waals surface area contributed by atoms with Crippen LogP contribution in [-0.4, -0.2) is 22.8 Å². The van der Waals surface area contributed by atoms with E-state index in [9.17, 15) is 9.59 Å². The third kappa shape index (κ3) is 4.53. The summed E-state index contributed by atoms with van der Waals surface area (Å²) in [6.45, 7) is 0.508. The Balaban J connectivity index is 1.72. The van der Waals surface area contributed by atoms with Gasteiger partial charge in [0.1, 0.15) is 0 Å². The third-order valence-electron chi connectivity index (χ3n) is 4.26. The number of hydrogen-bond acceptors (Lipinski definition) is 2. The summed E-state index contributed by atoms with van der Waals surface area (Å²) in [6, 6.07) is 12.5. The SMILES string of the molecule is NC(=O)c1ccc(CN(C(=O)Cc2ccc(Cl)cc2Cl)C2CC2)cc1. The first-order valence-corrected chi connectivity index (χ1v) is 8.82. The minimum atomic E-state index is -0.459. The molecule has 2 N–H and O–H groups in total. The Kier molecular flexibility index (Phi) is 5.30. The molecule has 0 unspecified atom stereocenters. The number of benzene rings is 2. The fourth-order valence-electron chi connectivity index (χ4n) is 2.71. The van der Waals surface area contributed by atoms with Crippen LogP contribution in [0.4, 0.5) is 0 Å². The molecule has 1 saturated carbocycles.